The smallest absolute Gasteiger partial charge is 0.251 e. The molecule has 45 heavy (non-hydrogen) atoms. The van der Waals surface area contributed by atoms with E-state index in [-0.39, 0.29) is 43.9 Å². The minimum Gasteiger partial charge on any atom is -0.495 e. The fourth-order valence-corrected chi connectivity index (χ4v) is 6.38. The minimum absolute atomic E-state index is 0.0163. The third kappa shape index (κ3) is 6.94. The number of hydrogen-bond acceptors (Lipinski definition) is 5. The number of nitrogens with zero attached hydrogens (tertiary/aromatic N) is 1. The highest BCUT2D eigenvalue weighted by molar-refractivity contribution is 6.31. The maximum Gasteiger partial charge on any atom is 0.251 e. The van der Waals surface area contributed by atoms with Gasteiger partial charge in [-0.1, -0.05) is 69.1 Å². The third-order valence-corrected chi connectivity index (χ3v) is 8.52. The Morgan fingerprint density at radius 1 is 1.11 bits per heavy atom. The fraction of sp³-hybridized carbons (Fsp3) is 0.382. The van der Waals surface area contributed by atoms with Crippen LogP contribution in [0.5, 0.6) is 5.75 Å². The van der Waals surface area contributed by atoms with E-state index < -0.39 is 41.0 Å². The van der Waals surface area contributed by atoms with Gasteiger partial charge in [0, 0.05) is 34.7 Å². The fourth-order valence-electron chi connectivity index (χ4n) is 6.04. The summed E-state index contributed by atoms with van der Waals surface area (Å²) < 4.78 is 37.2. The van der Waals surface area contributed by atoms with Gasteiger partial charge < -0.3 is 20.7 Å². The average molecular weight is 658 g/mol. The van der Waals surface area contributed by atoms with Crippen molar-refractivity contribution in [3.05, 3.63) is 93.0 Å². The molecular weight excluding hydrogens is 621 g/mol. The highest BCUT2D eigenvalue weighted by Gasteiger charge is 2.61. The van der Waals surface area contributed by atoms with Gasteiger partial charge in [0.2, 0.25) is 5.91 Å². The molecule has 3 aromatic carbocycles. The second-order valence-electron chi connectivity index (χ2n) is 12.3. The van der Waals surface area contributed by atoms with Crippen molar-refractivity contribution in [3.8, 4) is 11.8 Å². The number of carbonyl (C=O) groups is 2. The van der Waals surface area contributed by atoms with E-state index in [2.05, 4.69) is 22.0 Å². The van der Waals surface area contributed by atoms with Crippen LogP contribution in [0.15, 0.2) is 54.6 Å². The molecule has 2 amide bonds. The molecule has 7 nitrogen and oxygen atoms in total. The van der Waals surface area contributed by atoms with Crippen LogP contribution in [0, 0.1) is 28.4 Å². The Balaban J connectivity index is 1.88. The van der Waals surface area contributed by atoms with E-state index in [1.165, 1.54) is 49.6 Å². The van der Waals surface area contributed by atoms with Gasteiger partial charge in [-0.05, 0) is 60.2 Å². The number of hydrogen-bond donors (Lipinski definition) is 3. The molecular formula is C34H36Cl2F2N4O3. The molecule has 4 atom stereocenters. The second-order valence-corrected chi connectivity index (χ2v) is 13.2. The Morgan fingerprint density at radius 2 is 1.84 bits per heavy atom. The lowest BCUT2D eigenvalue weighted by Gasteiger charge is -2.37. The molecule has 1 fully saturated rings. The summed E-state index contributed by atoms with van der Waals surface area (Å²) in [5, 5.41) is 19.8. The van der Waals surface area contributed by atoms with Crippen LogP contribution in [0.4, 0.5) is 14.5 Å². The molecule has 0 saturated carbocycles. The zero-order valence-corrected chi connectivity index (χ0v) is 27.2. The SMILES string of the molecule is CCCNC(=O)c1ccc(NC(=O)[C@@H]2N[C@@H](CC(C)(C)C)[C@](C#N)(c3ccc(Cl)cc3F)[C@H]2c2cccc(Cl)c2F)c(OC)c1. The van der Waals surface area contributed by atoms with E-state index in [1.54, 1.807) is 6.07 Å². The molecule has 238 valence electrons. The minimum atomic E-state index is -1.76. The number of carbonyl (C=O) groups excluding carboxylic acids is 2. The summed E-state index contributed by atoms with van der Waals surface area (Å²) in [4.78, 5) is 26.8. The predicted molar refractivity (Wildman–Crippen MR) is 172 cm³/mol. The summed E-state index contributed by atoms with van der Waals surface area (Å²) in [6.07, 6.45) is 1.09. The largest absolute Gasteiger partial charge is 0.495 e. The predicted octanol–water partition coefficient (Wildman–Crippen LogP) is 7.38. The van der Waals surface area contributed by atoms with Gasteiger partial charge in [-0.2, -0.15) is 5.26 Å². The second kappa shape index (κ2) is 13.7. The van der Waals surface area contributed by atoms with Gasteiger partial charge in [0.1, 0.15) is 22.8 Å². The first kappa shape index (κ1) is 34.2. The van der Waals surface area contributed by atoms with Crippen LogP contribution in [0.25, 0.3) is 0 Å². The van der Waals surface area contributed by atoms with Crippen molar-refractivity contribution >= 4 is 40.7 Å². The monoisotopic (exact) mass is 656 g/mol. The number of anilines is 1. The first-order valence-electron chi connectivity index (χ1n) is 14.6. The first-order valence-corrected chi connectivity index (χ1v) is 15.4. The third-order valence-electron chi connectivity index (χ3n) is 7.99. The summed E-state index contributed by atoms with van der Waals surface area (Å²) in [6, 6.07) is 13.2. The Labute approximate surface area is 272 Å². The molecule has 11 heteroatoms. The number of benzene rings is 3. The lowest BCUT2D eigenvalue weighted by Crippen LogP contribution is -2.45. The molecule has 1 heterocycles. The van der Waals surface area contributed by atoms with E-state index in [0.29, 0.717) is 18.5 Å². The van der Waals surface area contributed by atoms with Crippen LogP contribution in [0.1, 0.15) is 67.9 Å². The van der Waals surface area contributed by atoms with Crippen LogP contribution < -0.4 is 20.7 Å². The Morgan fingerprint density at radius 3 is 2.47 bits per heavy atom. The molecule has 0 unspecified atom stereocenters. The molecule has 4 rings (SSSR count). The van der Waals surface area contributed by atoms with Crippen molar-refractivity contribution < 1.29 is 23.1 Å². The Hall–Kier alpha value is -3.71. The van der Waals surface area contributed by atoms with Crippen molar-refractivity contribution in [1.82, 2.24) is 10.6 Å². The average Bonchev–Trinajstić information content (AvgIpc) is 3.30. The number of halogens is 4. The topological polar surface area (TPSA) is 103 Å². The summed E-state index contributed by atoms with van der Waals surface area (Å²) in [5.41, 5.74) is -1.60. The van der Waals surface area contributed by atoms with E-state index in [9.17, 15) is 14.9 Å². The number of nitrogens with one attached hydrogen (secondary N) is 3. The van der Waals surface area contributed by atoms with Crippen LogP contribution in [0.3, 0.4) is 0 Å². The van der Waals surface area contributed by atoms with Gasteiger partial charge in [-0.3, -0.25) is 9.59 Å². The van der Waals surface area contributed by atoms with Crippen LogP contribution in [-0.4, -0.2) is 37.6 Å². The molecule has 3 N–H and O–H groups in total. The van der Waals surface area contributed by atoms with E-state index in [0.717, 1.165) is 12.5 Å². The number of rotatable bonds is 9. The number of amides is 2. The molecule has 0 radical (unpaired) electrons. The van der Waals surface area contributed by atoms with Gasteiger partial charge in [0.25, 0.3) is 5.91 Å². The van der Waals surface area contributed by atoms with Gasteiger partial charge in [-0.25, -0.2) is 8.78 Å². The molecule has 3 aromatic rings. The van der Waals surface area contributed by atoms with Crippen LogP contribution in [-0.2, 0) is 10.2 Å². The van der Waals surface area contributed by atoms with E-state index >= 15 is 8.78 Å². The maximum atomic E-state index is 15.9. The Kier molecular flexibility index (Phi) is 10.4. The lowest BCUT2D eigenvalue weighted by molar-refractivity contribution is -0.118. The molecule has 0 spiro atoms. The molecule has 1 aliphatic rings. The molecule has 0 bridgehead atoms. The van der Waals surface area contributed by atoms with Crippen LogP contribution in [0.2, 0.25) is 10.0 Å². The standard InChI is InChI=1S/C34H36Cl2F2N4O3/c1-6-14-40-31(43)19-10-13-25(26(15-19)45-5)41-32(44)30-28(21-8-7-9-23(36)29(21)38)34(18-39,27(42-30)17-33(2,3)4)22-12-11-20(35)16-24(22)37/h7-13,15-16,27-28,30,42H,6,14,17H2,1-5H3,(H,40,43)(H,41,44)/t27-,28-,30+,34-/m0/s1. The van der Waals surface area contributed by atoms with E-state index in [1.807, 2.05) is 27.7 Å². The van der Waals surface area contributed by atoms with E-state index in [4.69, 9.17) is 27.9 Å². The van der Waals surface area contributed by atoms with Crippen molar-refractivity contribution in [2.24, 2.45) is 5.41 Å². The van der Waals surface area contributed by atoms with Gasteiger partial charge in [0.15, 0.2) is 0 Å². The zero-order chi connectivity index (χ0) is 33.1. The highest BCUT2D eigenvalue weighted by Crippen LogP contribution is 2.53. The number of ether oxygens (including phenoxy) is 1. The van der Waals surface area contributed by atoms with Crippen molar-refractivity contribution in [1.29, 1.82) is 5.26 Å². The van der Waals surface area contributed by atoms with Crippen molar-refractivity contribution in [2.75, 3.05) is 19.0 Å². The molecule has 1 saturated heterocycles. The number of methoxy groups -OCH3 is 1. The summed E-state index contributed by atoms with van der Waals surface area (Å²) in [7, 11) is 1.40. The summed E-state index contributed by atoms with van der Waals surface area (Å²) in [5.74, 6) is -3.49. The van der Waals surface area contributed by atoms with Gasteiger partial charge >= 0.3 is 0 Å². The number of nitriles is 1. The van der Waals surface area contributed by atoms with Crippen molar-refractivity contribution in [2.45, 2.75) is 64.0 Å². The lowest BCUT2D eigenvalue weighted by atomic mass is 9.62. The highest BCUT2D eigenvalue weighted by atomic mass is 35.5. The molecule has 1 aliphatic heterocycles. The first-order chi connectivity index (χ1) is 21.3. The van der Waals surface area contributed by atoms with Crippen molar-refractivity contribution in [3.63, 3.8) is 0 Å². The molecule has 0 aliphatic carbocycles. The maximum absolute atomic E-state index is 15.9. The normalized spacial score (nSPS) is 21.2. The quantitative estimate of drug-likeness (QED) is 0.223. The van der Waals surface area contributed by atoms with Gasteiger partial charge in [0.05, 0.1) is 29.9 Å². The summed E-state index contributed by atoms with van der Waals surface area (Å²) in [6.45, 7) is 8.31. The van der Waals surface area contributed by atoms with Crippen LogP contribution >= 0.6 is 23.2 Å². The zero-order valence-electron chi connectivity index (χ0n) is 25.7. The summed E-state index contributed by atoms with van der Waals surface area (Å²) >= 11 is 12.3. The molecule has 0 aromatic heterocycles. The van der Waals surface area contributed by atoms with Gasteiger partial charge in [-0.15, -0.1) is 0 Å². The Bertz CT molecular complexity index is 1640.